The van der Waals surface area contributed by atoms with Gasteiger partial charge in [-0.05, 0) is 87.5 Å². The van der Waals surface area contributed by atoms with Crippen molar-refractivity contribution in [2.24, 2.45) is 5.92 Å². The molecule has 2 bridgehead atoms. The van der Waals surface area contributed by atoms with Gasteiger partial charge in [0.25, 0.3) is 0 Å². The highest BCUT2D eigenvalue weighted by Gasteiger charge is 2.42. The first-order valence-electron chi connectivity index (χ1n) is 14.1. The van der Waals surface area contributed by atoms with Crippen LogP contribution in [0, 0.1) is 5.92 Å². The third-order valence-electron chi connectivity index (χ3n) is 8.68. The van der Waals surface area contributed by atoms with E-state index in [0.29, 0.717) is 35.6 Å². The molecule has 4 unspecified atom stereocenters. The number of pyridine rings is 1. The Kier molecular flexibility index (Phi) is 7.37. The number of nitrogens with one attached hydrogen (secondary N) is 1. The van der Waals surface area contributed by atoms with Crippen LogP contribution in [0.25, 0.3) is 11.4 Å². The van der Waals surface area contributed by atoms with Crippen molar-refractivity contribution in [1.82, 2.24) is 19.9 Å². The van der Waals surface area contributed by atoms with Crippen LogP contribution in [-0.4, -0.2) is 57.5 Å². The summed E-state index contributed by atoms with van der Waals surface area (Å²) < 4.78 is 5.63. The zero-order valence-electron chi connectivity index (χ0n) is 22.4. The fourth-order valence-electron chi connectivity index (χ4n) is 6.50. The van der Waals surface area contributed by atoms with E-state index in [1.165, 1.54) is 38.3 Å². The third kappa shape index (κ3) is 5.71. The summed E-state index contributed by atoms with van der Waals surface area (Å²) in [6, 6.07) is 13.3. The topological polar surface area (TPSA) is 97.3 Å². The second-order valence-corrected chi connectivity index (χ2v) is 11.2. The molecule has 8 heteroatoms. The van der Waals surface area contributed by atoms with Crippen molar-refractivity contribution in [2.45, 2.75) is 63.3 Å². The van der Waals surface area contributed by atoms with Gasteiger partial charge in [-0.1, -0.05) is 12.8 Å². The Morgan fingerprint density at radius 2 is 1.74 bits per heavy atom. The zero-order valence-corrected chi connectivity index (χ0v) is 22.4. The molecule has 1 saturated carbocycles. The number of piperidine rings is 3. The van der Waals surface area contributed by atoms with Crippen LogP contribution in [0.4, 0.5) is 10.5 Å². The summed E-state index contributed by atoms with van der Waals surface area (Å²) >= 11 is 0. The monoisotopic (exact) mass is 525 g/mol. The Morgan fingerprint density at radius 1 is 1.00 bits per heavy atom. The van der Waals surface area contributed by atoms with Crippen LogP contribution in [0.3, 0.4) is 0 Å². The van der Waals surface area contributed by atoms with Crippen LogP contribution in [0.15, 0.2) is 54.9 Å². The Labute approximate surface area is 229 Å². The minimum atomic E-state index is -0.469. The zero-order chi connectivity index (χ0) is 26.8. The van der Waals surface area contributed by atoms with E-state index in [-0.39, 0.29) is 11.8 Å². The maximum atomic E-state index is 12.5. The molecular formula is C31H35N5O3. The fourth-order valence-corrected chi connectivity index (χ4v) is 6.50. The van der Waals surface area contributed by atoms with Crippen LogP contribution in [0.1, 0.15) is 79.0 Å². The molecule has 2 aromatic heterocycles. The molecule has 0 spiro atoms. The van der Waals surface area contributed by atoms with Gasteiger partial charge in [-0.25, -0.2) is 14.8 Å². The number of ether oxygens (including phenoxy) is 1. The number of rotatable bonds is 7. The van der Waals surface area contributed by atoms with Gasteiger partial charge in [0.1, 0.15) is 6.61 Å². The van der Waals surface area contributed by atoms with E-state index in [4.69, 9.17) is 14.7 Å². The van der Waals surface area contributed by atoms with Crippen LogP contribution >= 0.6 is 0 Å². The Balaban J connectivity index is 1.12. The van der Waals surface area contributed by atoms with Gasteiger partial charge in [0.15, 0.2) is 11.6 Å². The standard InChI is InChI=1S/C31H35N5O3/c1-20(37)21-6-8-25(9-7-21)33-31(38)39-19-26-16-24-12-15-36(26)18-27(24)29-17-28(22-4-2-3-5-22)34-30(35-29)23-10-13-32-14-11-23/h6-11,13-14,17,22,24,26-27H,2-5,12,15-16,18-19H2,1H3,(H,33,38). The van der Waals surface area contributed by atoms with E-state index in [0.717, 1.165) is 43.0 Å². The smallest absolute Gasteiger partial charge is 0.411 e. The number of aromatic nitrogens is 3. The van der Waals surface area contributed by atoms with Gasteiger partial charge < -0.3 is 4.74 Å². The molecule has 1 N–H and O–H groups in total. The number of benzene rings is 1. The van der Waals surface area contributed by atoms with E-state index < -0.39 is 6.09 Å². The molecule has 0 radical (unpaired) electrons. The summed E-state index contributed by atoms with van der Waals surface area (Å²) in [5.74, 6) is 2.18. The molecule has 4 fully saturated rings. The van der Waals surface area contributed by atoms with Crippen LogP contribution in [0.5, 0.6) is 0 Å². The highest BCUT2D eigenvalue weighted by Crippen LogP contribution is 2.43. The van der Waals surface area contributed by atoms with E-state index in [2.05, 4.69) is 21.3 Å². The normalized spacial score (nSPS) is 24.4. The van der Waals surface area contributed by atoms with Gasteiger partial charge in [-0.3, -0.25) is 20.0 Å². The SMILES string of the molecule is CC(=O)c1ccc(NC(=O)OCC2CC3CCN2CC3c2cc(C3CCCC3)nc(-c3ccncc3)n2)cc1. The number of hydrogen-bond acceptors (Lipinski definition) is 7. The minimum Gasteiger partial charge on any atom is -0.448 e. The predicted molar refractivity (Wildman–Crippen MR) is 149 cm³/mol. The van der Waals surface area contributed by atoms with Crippen molar-refractivity contribution in [3.63, 3.8) is 0 Å². The minimum absolute atomic E-state index is 0.00542. The molecule has 39 heavy (non-hydrogen) atoms. The van der Waals surface area contributed by atoms with Crippen molar-refractivity contribution >= 4 is 17.6 Å². The largest absolute Gasteiger partial charge is 0.448 e. The summed E-state index contributed by atoms with van der Waals surface area (Å²) in [6.45, 7) is 3.82. The van der Waals surface area contributed by atoms with E-state index in [1.807, 2.05) is 12.1 Å². The summed E-state index contributed by atoms with van der Waals surface area (Å²) in [6.07, 6.45) is 10.2. The van der Waals surface area contributed by atoms with E-state index in [1.54, 1.807) is 36.7 Å². The fraction of sp³-hybridized carbons (Fsp3) is 0.452. The summed E-state index contributed by atoms with van der Waals surface area (Å²) in [7, 11) is 0. The molecule has 8 nitrogen and oxygen atoms in total. The number of Topliss-reactive ketones (excluding diaryl/α,β-unsaturated/α-hetero) is 1. The van der Waals surface area contributed by atoms with Crippen molar-refractivity contribution in [1.29, 1.82) is 0 Å². The lowest BCUT2D eigenvalue weighted by Crippen LogP contribution is -2.54. The Hall–Kier alpha value is -3.65. The molecule has 4 aliphatic rings. The average molecular weight is 526 g/mol. The number of carbonyl (C=O) groups excluding carboxylic acids is 2. The second kappa shape index (κ2) is 11.2. The van der Waals surface area contributed by atoms with Crippen molar-refractivity contribution < 1.29 is 14.3 Å². The number of carbonyl (C=O) groups is 2. The number of hydrogen-bond donors (Lipinski definition) is 1. The quantitative estimate of drug-likeness (QED) is 0.388. The molecule has 1 amide bonds. The molecule has 1 aromatic carbocycles. The Morgan fingerprint density at radius 3 is 2.44 bits per heavy atom. The molecule has 3 saturated heterocycles. The number of fused-ring (bicyclic) bond motifs is 3. The van der Waals surface area contributed by atoms with Gasteiger partial charge in [-0.2, -0.15) is 0 Å². The van der Waals surface area contributed by atoms with Gasteiger partial charge in [0.05, 0.1) is 0 Å². The number of ketones is 1. The van der Waals surface area contributed by atoms with Gasteiger partial charge in [0, 0.05) is 65.0 Å². The molecule has 4 atom stereocenters. The van der Waals surface area contributed by atoms with Crippen molar-refractivity contribution in [3.05, 3.63) is 71.8 Å². The molecule has 3 aromatic rings. The highest BCUT2D eigenvalue weighted by molar-refractivity contribution is 5.94. The van der Waals surface area contributed by atoms with E-state index >= 15 is 0 Å². The van der Waals surface area contributed by atoms with E-state index in [9.17, 15) is 9.59 Å². The van der Waals surface area contributed by atoms with Crippen molar-refractivity contribution in [2.75, 3.05) is 25.0 Å². The lowest BCUT2D eigenvalue weighted by Gasteiger charge is -2.49. The lowest BCUT2D eigenvalue weighted by atomic mass is 9.74. The highest BCUT2D eigenvalue weighted by atomic mass is 16.5. The molecular weight excluding hydrogens is 490 g/mol. The summed E-state index contributed by atoms with van der Waals surface area (Å²) in [5, 5.41) is 2.77. The third-order valence-corrected chi connectivity index (χ3v) is 8.68. The van der Waals surface area contributed by atoms with Crippen LogP contribution < -0.4 is 5.32 Å². The van der Waals surface area contributed by atoms with Crippen LogP contribution in [-0.2, 0) is 4.74 Å². The second-order valence-electron chi connectivity index (χ2n) is 11.2. The molecule has 202 valence electrons. The predicted octanol–water partition coefficient (Wildman–Crippen LogP) is 5.83. The van der Waals surface area contributed by atoms with Gasteiger partial charge in [-0.15, -0.1) is 0 Å². The average Bonchev–Trinajstić information content (AvgIpc) is 3.52. The molecule has 1 aliphatic carbocycles. The van der Waals surface area contributed by atoms with Gasteiger partial charge in [0.2, 0.25) is 0 Å². The maximum Gasteiger partial charge on any atom is 0.411 e. The molecule has 5 heterocycles. The number of amides is 1. The first-order chi connectivity index (χ1) is 19.0. The molecule has 7 rings (SSSR count). The van der Waals surface area contributed by atoms with Gasteiger partial charge >= 0.3 is 6.09 Å². The molecule has 3 aliphatic heterocycles. The van der Waals surface area contributed by atoms with Crippen LogP contribution in [0.2, 0.25) is 0 Å². The summed E-state index contributed by atoms with van der Waals surface area (Å²) in [4.78, 5) is 40.7. The number of nitrogens with zero attached hydrogens (tertiary/aromatic N) is 4. The lowest BCUT2D eigenvalue weighted by molar-refractivity contribution is -0.00149. The maximum absolute atomic E-state index is 12.5. The first-order valence-corrected chi connectivity index (χ1v) is 14.1. The first kappa shape index (κ1) is 25.6. The Bertz CT molecular complexity index is 1320. The number of anilines is 1. The summed E-state index contributed by atoms with van der Waals surface area (Å²) in [5.41, 5.74) is 4.58. The van der Waals surface area contributed by atoms with Crippen molar-refractivity contribution in [3.8, 4) is 11.4 Å².